The Hall–Kier alpha value is -3.72. The highest BCUT2D eigenvalue weighted by atomic mass is 35.5. The van der Waals surface area contributed by atoms with Crippen molar-refractivity contribution in [1.82, 2.24) is 19.9 Å². The number of hydrogen-bond acceptors (Lipinski definition) is 7. The normalized spacial score (nSPS) is 11.1. The number of Topliss-reactive ketones (excluding diaryl/α,β-unsaturated/α-hetero) is 1. The molecule has 0 aliphatic carbocycles. The van der Waals surface area contributed by atoms with E-state index in [4.69, 9.17) is 21.1 Å². The van der Waals surface area contributed by atoms with Crippen LogP contribution in [-0.2, 0) is 17.8 Å². The van der Waals surface area contributed by atoms with Crippen LogP contribution in [0, 0.1) is 5.82 Å². The molecule has 2 aromatic heterocycles. The summed E-state index contributed by atoms with van der Waals surface area (Å²) >= 11 is 5.92. The standard InChI is InChI=1S/C28H31ClFN5O3/c1-3-20(36)8-6-4-5-7-9-27-31-15-19(34-27)16-38-26-13-21-24(14-25(26)37-2)32-17-33-28(21)35-18-10-11-23(30)22(29)12-18/h10-15,17H,3-9,16H2,1-2H3,(H,31,34)(H,32,33,35). The molecule has 200 valence electrons. The van der Waals surface area contributed by atoms with E-state index in [0.29, 0.717) is 52.5 Å². The highest BCUT2D eigenvalue weighted by Crippen LogP contribution is 2.35. The van der Waals surface area contributed by atoms with E-state index in [-0.39, 0.29) is 11.6 Å². The fraction of sp³-hybridized carbons (Fsp3) is 0.357. The minimum absolute atomic E-state index is 0.0152. The van der Waals surface area contributed by atoms with E-state index < -0.39 is 5.82 Å². The lowest BCUT2D eigenvalue weighted by molar-refractivity contribution is -0.118. The zero-order valence-corrected chi connectivity index (χ0v) is 22.3. The van der Waals surface area contributed by atoms with E-state index >= 15 is 0 Å². The molecule has 2 heterocycles. The van der Waals surface area contributed by atoms with Crippen LogP contribution in [0.2, 0.25) is 5.02 Å². The number of nitrogens with zero attached hydrogens (tertiary/aromatic N) is 3. The summed E-state index contributed by atoms with van der Waals surface area (Å²) in [4.78, 5) is 27.9. The predicted molar refractivity (Wildman–Crippen MR) is 146 cm³/mol. The Bertz CT molecular complexity index is 1390. The van der Waals surface area contributed by atoms with Crippen LogP contribution in [-0.4, -0.2) is 32.8 Å². The number of fused-ring (bicyclic) bond motifs is 1. The first kappa shape index (κ1) is 27.3. The van der Waals surface area contributed by atoms with Crippen LogP contribution in [0.4, 0.5) is 15.9 Å². The molecule has 0 bridgehead atoms. The third-order valence-corrected chi connectivity index (χ3v) is 6.47. The number of aromatic nitrogens is 4. The smallest absolute Gasteiger partial charge is 0.162 e. The molecule has 0 fully saturated rings. The summed E-state index contributed by atoms with van der Waals surface area (Å²) in [5.41, 5.74) is 2.09. The van der Waals surface area contributed by atoms with Crippen LogP contribution in [0.1, 0.15) is 57.0 Å². The molecule has 0 aliphatic rings. The average molecular weight is 540 g/mol. The highest BCUT2D eigenvalue weighted by Gasteiger charge is 2.13. The second kappa shape index (κ2) is 13.2. The molecule has 0 atom stereocenters. The van der Waals surface area contributed by atoms with E-state index in [1.807, 2.05) is 13.0 Å². The number of hydrogen-bond donors (Lipinski definition) is 2. The summed E-state index contributed by atoms with van der Waals surface area (Å²) in [7, 11) is 1.57. The number of H-pyrrole nitrogens is 1. The van der Waals surface area contributed by atoms with Crippen LogP contribution in [0.25, 0.3) is 10.9 Å². The molecule has 0 saturated carbocycles. The van der Waals surface area contributed by atoms with Crippen molar-refractivity contribution in [2.45, 2.75) is 58.5 Å². The first-order chi connectivity index (χ1) is 18.5. The van der Waals surface area contributed by atoms with Gasteiger partial charge in [0.1, 0.15) is 36.2 Å². The summed E-state index contributed by atoms with van der Waals surface area (Å²) in [6, 6.07) is 7.96. The number of carbonyl (C=O) groups excluding carboxylic acids is 1. The largest absolute Gasteiger partial charge is 0.493 e. The Labute approximate surface area is 226 Å². The second-order valence-electron chi connectivity index (χ2n) is 8.95. The number of rotatable bonds is 14. The summed E-state index contributed by atoms with van der Waals surface area (Å²) in [6.45, 7) is 2.18. The minimum Gasteiger partial charge on any atom is -0.493 e. The maximum atomic E-state index is 13.6. The van der Waals surface area contributed by atoms with Gasteiger partial charge in [-0.25, -0.2) is 19.3 Å². The summed E-state index contributed by atoms with van der Waals surface area (Å²) < 4.78 is 25.2. The number of carbonyl (C=O) groups is 1. The number of benzene rings is 2. The van der Waals surface area contributed by atoms with E-state index in [1.54, 1.807) is 25.4 Å². The van der Waals surface area contributed by atoms with Crippen molar-refractivity contribution in [3.05, 3.63) is 65.2 Å². The van der Waals surface area contributed by atoms with Crippen LogP contribution >= 0.6 is 11.6 Å². The monoisotopic (exact) mass is 539 g/mol. The van der Waals surface area contributed by atoms with E-state index in [2.05, 4.69) is 25.3 Å². The number of aryl methyl sites for hydroxylation is 1. The first-order valence-electron chi connectivity index (χ1n) is 12.7. The van der Waals surface area contributed by atoms with Gasteiger partial charge in [0.25, 0.3) is 0 Å². The molecule has 4 aromatic rings. The third kappa shape index (κ3) is 7.19. The molecule has 2 N–H and O–H groups in total. The second-order valence-corrected chi connectivity index (χ2v) is 9.35. The van der Waals surface area contributed by atoms with Crippen molar-refractivity contribution in [3.8, 4) is 11.5 Å². The fourth-order valence-corrected chi connectivity index (χ4v) is 4.23. The Morgan fingerprint density at radius 3 is 2.71 bits per heavy atom. The molecule has 10 heteroatoms. The van der Waals surface area contributed by atoms with Gasteiger partial charge in [0.2, 0.25) is 0 Å². The van der Waals surface area contributed by atoms with Crippen molar-refractivity contribution < 1.29 is 18.7 Å². The average Bonchev–Trinajstić information content (AvgIpc) is 3.38. The Morgan fingerprint density at radius 1 is 1.08 bits per heavy atom. The Morgan fingerprint density at radius 2 is 1.92 bits per heavy atom. The van der Waals surface area contributed by atoms with Gasteiger partial charge in [-0.05, 0) is 37.1 Å². The number of methoxy groups -OCH3 is 1. The molecule has 0 aliphatic heterocycles. The Balaban J connectivity index is 1.39. The van der Waals surface area contributed by atoms with Gasteiger partial charge >= 0.3 is 0 Å². The Kier molecular flexibility index (Phi) is 9.48. The maximum Gasteiger partial charge on any atom is 0.162 e. The maximum absolute atomic E-state index is 13.6. The molecule has 4 rings (SSSR count). The number of halogens is 2. The molecular formula is C28H31ClFN5O3. The zero-order chi connectivity index (χ0) is 26.9. The first-order valence-corrected chi connectivity index (χ1v) is 13.1. The molecule has 2 aromatic carbocycles. The molecule has 0 amide bonds. The van der Waals surface area contributed by atoms with Gasteiger partial charge in [-0.15, -0.1) is 0 Å². The number of anilines is 2. The van der Waals surface area contributed by atoms with Crippen molar-refractivity contribution in [3.63, 3.8) is 0 Å². The van der Waals surface area contributed by atoms with Gasteiger partial charge in [-0.3, -0.25) is 4.79 Å². The molecule has 0 spiro atoms. The lowest BCUT2D eigenvalue weighted by Gasteiger charge is -2.13. The molecule has 0 saturated heterocycles. The van der Waals surface area contributed by atoms with Crippen LogP contribution in [0.3, 0.4) is 0 Å². The van der Waals surface area contributed by atoms with E-state index in [0.717, 1.165) is 43.6 Å². The lowest BCUT2D eigenvalue weighted by Crippen LogP contribution is -2.01. The number of nitrogens with one attached hydrogen (secondary N) is 2. The van der Waals surface area contributed by atoms with Gasteiger partial charge in [0.05, 0.1) is 29.5 Å². The third-order valence-electron chi connectivity index (χ3n) is 6.18. The topological polar surface area (TPSA) is 102 Å². The highest BCUT2D eigenvalue weighted by molar-refractivity contribution is 6.31. The molecule has 0 unspecified atom stereocenters. The number of unbranched alkanes of at least 4 members (excludes halogenated alkanes) is 3. The van der Waals surface area contributed by atoms with Gasteiger partial charge in [-0.1, -0.05) is 31.4 Å². The van der Waals surface area contributed by atoms with E-state index in [9.17, 15) is 9.18 Å². The fourth-order valence-electron chi connectivity index (χ4n) is 4.05. The lowest BCUT2D eigenvalue weighted by atomic mass is 10.1. The van der Waals surface area contributed by atoms with Crippen molar-refractivity contribution in [2.75, 3.05) is 12.4 Å². The van der Waals surface area contributed by atoms with Gasteiger partial charge < -0.3 is 19.8 Å². The SMILES string of the molecule is CCC(=O)CCCCCCc1ncc(COc2cc3c(Nc4ccc(F)c(Cl)c4)ncnc3cc2OC)[nH]1. The van der Waals surface area contributed by atoms with Gasteiger partial charge in [0, 0.05) is 36.4 Å². The molecule has 38 heavy (non-hydrogen) atoms. The number of aromatic amines is 1. The number of ether oxygens (including phenoxy) is 2. The van der Waals surface area contributed by atoms with Crippen molar-refractivity contribution in [2.24, 2.45) is 0 Å². The predicted octanol–water partition coefficient (Wildman–Crippen LogP) is 6.95. The van der Waals surface area contributed by atoms with Crippen LogP contribution < -0.4 is 14.8 Å². The number of ketones is 1. The van der Waals surface area contributed by atoms with Gasteiger partial charge in [0.15, 0.2) is 11.5 Å². The molecular weight excluding hydrogens is 509 g/mol. The van der Waals surface area contributed by atoms with Gasteiger partial charge in [-0.2, -0.15) is 0 Å². The van der Waals surface area contributed by atoms with Crippen LogP contribution in [0.15, 0.2) is 42.9 Å². The van der Waals surface area contributed by atoms with Crippen molar-refractivity contribution >= 4 is 39.8 Å². The molecule has 0 radical (unpaired) electrons. The number of imidazole rings is 1. The summed E-state index contributed by atoms with van der Waals surface area (Å²) in [5.74, 6) is 2.33. The van der Waals surface area contributed by atoms with Crippen molar-refractivity contribution in [1.29, 1.82) is 0 Å². The minimum atomic E-state index is -0.493. The van der Waals surface area contributed by atoms with E-state index in [1.165, 1.54) is 18.5 Å². The quantitative estimate of drug-likeness (QED) is 0.167. The molecule has 8 nitrogen and oxygen atoms in total. The zero-order valence-electron chi connectivity index (χ0n) is 21.5. The summed E-state index contributed by atoms with van der Waals surface area (Å²) in [6.07, 6.45) is 9.46. The van der Waals surface area contributed by atoms with Crippen LogP contribution in [0.5, 0.6) is 11.5 Å². The summed E-state index contributed by atoms with van der Waals surface area (Å²) in [5, 5.41) is 3.88.